The number of benzene rings is 1. The standard InChI is InChI=1S/C12H11FN2O2S/c13-8-2-1-3-9-10(8)14-12(18-9)15-11(16)7-4-5-17-6-7/h1-3,7H,4-6H2,(H,14,15,16). The van der Waals surface area contributed by atoms with Crippen LogP contribution in [0.3, 0.4) is 0 Å². The number of nitrogens with zero attached hydrogens (tertiary/aromatic N) is 1. The van der Waals surface area contributed by atoms with Gasteiger partial charge in [0.15, 0.2) is 5.13 Å². The molecule has 1 amide bonds. The molecule has 0 aliphatic carbocycles. The highest BCUT2D eigenvalue weighted by Gasteiger charge is 2.24. The van der Waals surface area contributed by atoms with Crippen molar-refractivity contribution < 1.29 is 13.9 Å². The minimum absolute atomic E-state index is 0.105. The number of hydrogen-bond acceptors (Lipinski definition) is 4. The molecule has 1 aliphatic heterocycles. The molecule has 1 N–H and O–H groups in total. The van der Waals surface area contributed by atoms with Crippen molar-refractivity contribution >= 4 is 32.6 Å². The van der Waals surface area contributed by atoms with Crippen LogP contribution < -0.4 is 5.32 Å². The molecule has 2 heterocycles. The Balaban J connectivity index is 1.82. The molecular formula is C12H11FN2O2S. The van der Waals surface area contributed by atoms with Crippen LogP contribution in [0.4, 0.5) is 9.52 Å². The third-order valence-corrected chi connectivity index (χ3v) is 3.84. The smallest absolute Gasteiger partial charge is 0.231 e. The Labute approximate surface area is 107 Å². The Morgan fingerprint density at radius 2 is 2.44 bits per heavy atom. The maximum atomic E-state index is 13.4. The van der Waals surface area contributed by atoms with E-state index in [9.17, 15) is 9.18 Å². The van der Waals surface area contributed by atoms with E-state index in [4.69, 9.17) is 4.74 Å². The van der Waals surface area contributed by atoms with Crippen molar-refractivity contribution in [2.45, 2.75) is 6.42 Å². The summed E-state index contributed by atoms with van der Waals surface area (Å²) in [7, 11) is 0. The average molecular weight is 266 g/mol. The number of carbonyl (C=O) groups excluding carboxylic acids is 1. The minimum Gasteiger partial charge on any atom is -0.381 e. The van der Waals surface area contributed by atoms with E-state index >= 15 is 0 Å². The van der Waals surface area contributed by atoms with Gasteiger partial charge >= 0.3 is 0 Å². The van der Waals surface area contributed by atoms with Crippen molar-refractivity contribution in [3.8, 4) is 0 Å². The first-order chi connectivity index (χ1) is 8.74. The Bertz CT molecular complexity index is 593. The van der Waals surface area contributed by atoms with Gasteiger partial charge in [-0.25, -0.2) is 9.37 Å². The lowest BCUT2D eigenvalue weighted by Gasteiger charge is -2.05. The van der Waals surface area contributed by atoms with Gasteiger partial charge in [-0.05, 0) is 18.6 Å². The number of fused-ring (bicyclic) bond motifs is 1. The van der Waals surface area contributed by atoms with E-state index < -0.39 is 0 Å². The fourth-order valence-corrected chi connectivity index (χ4v) is 2.80. The Morgan fingerprint density at radius 3 is 3.17 bits per heavy atom. The molecule has 2 aromatic rings. The number of ether oxygens (including phenoxy) is 1. The van der Waals surface area contributed by atoms with Gasteiger partial charge in [0.25, 0.3) is 0 Å². The second kappa shape index (κ2) is 4.62. The molecule has 0 radical (unpaired) electrons. The van der Waals surface area contributed by atoms with Gasteiger partial charge in [-0.2, -0.15) is 0 Å². The Kier molecular flexibility index (Phi) is 2.97. The minimum atomic E-state index is -0.367. The molecule has 18 heavy (non-hydrogen) atoms. The number of thiazole rings is 1. The van der Waals surface area contributed by atoms with Crippen LogP contribution in [0.5, 0.6) is 0 Å². The third-order valence-electron chi connectivity index (χ3n) is 2.90. The summed E-state index contributed by atoms with van der Waals surface area (Å²) in [5.74, 6) is -0.595. The molecule has 4 nitrogen and oxygen atoms in total. The molecule has 0 spiro atoms. The average Bonchev–Trinajstić information content (AvgIpc) is 2.97. The van der Waals surface area contributed by atoms with E-state index in [2.05, 4.69) is 10.3 Å². The van der Waals surface area contributed by atoms with E-state index in [0.29, 0.717) is 23.9 Å². The molecule has 1 fully saturated rings. The number of anilines is 1. The Hall–Kier alpha value is -1.53. The molecule has 1 aromatic heterocycles. The topological polar surface area (TPSA) is 51.2 Å². The predicted molar refractivity (Wildman–Crippen MR) is 67.1 cm³/mol. The summed E-state index contributed by atoms with van der Waals surface area (Å²) in [6.07, 6.45) is 0.727. The molecule has 3 rings (SSSR count). The molecule has 1 saturated heterocycles. The second-order valence-corrected chi connectivity index (χ2v) is 5.19. The summed E-state index contributed by atoms with van der Waals surface area (Å²) in [6, 6.07) is 4.77. The monoisotopic (exact) mass is 266 g/mol. The summed E-state index contributed by atoms with van der Waals surface area (Å²) in [6.45, 7) is 1.07. The first-order valence-corrected chi connectivity index (χ1v) is 6.49. The van der Waals surface area contributed by atoms with Gasteiger partial charge < -0.3 is 10.1 Å². The van der Waals surface area contributed by atoms with Gasteiger partial charge in [0.05, 0.1) is 17.2 Å². The lowest BCUT2D eigenvalue weighted by atomic mass is 10.1. The van der Waals surface area contributed by atoms with Crippen LogP contribution in [-0.2, 0) is 9.53 Å². The van der Waals surface area contributed by atoms with Gasteiger partial charge in [0, 0.05) is 6.61 Å². The summed E-state index contributed by atoms with van der Waals surface area (Å²) in [4.78, 5) is 16.0. The highest BCUT2D eigenvalue weighted by molar-refractivity contribution is 7.22. The molecule has 1 atom stereocenters. The fraction of sp³-hybridized carbons (Fsp3) is 0.333. The molecular weight excluding hydrogens is 255 g/mol. The molecule has 94 valence electrons. The molecule has 0 saturated carbocycles. The maximum Gasteiger partial charge on any atom is 0.231 e. The summed E-state index contributed by atoms with van der Waals surface area (Å²) < 4.78 is 19.3. The Morgan fingerprint density at radius 1 is 1.56 bits per heavy atom. The van der Waals surface area contributed by atoms with Crippen LogP contribution in [0.15, 0.2) is 18.2 Å². The number of carbonyl (C=O) groups is 1. The SMILES string of the molecule is O=C(Nc1nc2c(F)cccc2s1)C1CCOC1. The quantitative estimate of drug-likeness (QED) is 0.908. The largest absolute Gasteiger partial charge is 0.381 e. The lowest BCUT2D eigenvalue weighted by Crippen LogP contribution is -2.22. The maximum absolute atomic E-state index is 13.4. The van der Waals surface area contributed by atoms with Gasteiger partial charge in [-0.1, -0.05) is 17.4 Å². The zero-order valence-electron chi connectivity index (χ0n) is 9.48. The van der Waals surface area contributed by atoms with Crippen molar-refractivity contribution in [2.24, 2.45) is 5.92 Å². The second-order valence-electron chi connectivity index (χ2n) is 4.16. The van der Waals surface area contributed by atoms with E-state index in [1.807, 2.05) is 0 Å². The van der Waals surface area contributed by atoms with E-state index in [1.165, 1.54) is 17.4 Å². The van der Waals surface area contributed by atoms with Crippen LogP contribution in [0, 0.1) is 11.7 Å². The molecule has 1 aliphatic rings. The van der Waals surface area contributed by atoms with Crippen molar-refractivity contribution in [3.63, 3.8) is 0 Å². The first-order valence-electron chi connectivity index (χ1n) is 5.68. The zero-order valence-corrected chi connectivity index (χ0v) is 10.3. The van der Waals surface area contributed by atoms with Gasteiger partial charge in [-0.3, -0.25) is 4.79 Å². The van der Waals surface area contributed by atoms with Crippen LogP contribution in [-0.4, -0.2) is 24.1 Å². The summed E-state index contributed by atoms with van der Waals surface area (Å²) in [5, 5.41) is 3.16. The van der Waals surface area contributed by atoms with Crippen molar-refractivity contribution in [1.82, 2.24) is 4.98 Å². The highest BCUT2D eigenvalue weighted by Crippen LogP contribution is 2.28. The van der Waals surface area contributed by atoms with Crippen molar-refractivity contribution in [3.05, 3.63) is 24.0 Å². The third kappa shape index (κ3) is 2.09. The molecule has 1 aromatic carbocycles. The number of aromatic nitrogens is 1. The van der Waals surface area contributed by atoms with Crippen molar-refractivity contribution in [1.29, 1.82) is 0 Å². The zero-order chi connectivity index (χ0) is 12.5. The molecule has 6 heteroatoms. The van der Waals surface area contributed by atoms with E-state index in [1.54, 1.807) is 12.1 Å². The lowest BCUT2D eigenvalue weighted by molar-refractivity contribution is -0.119. The predicted octanol–water partition coefficient (Wildman–Crippen LogP) is 2.41. The van der Waals surface area contributed by atoms with Gasteiger partial charge in [-0.15, -0.1) is 0 Å². The number of amides is 1. The van der Waals surface area contributed by atoms with Crippen LogP contribution in [0.2, 0.25) is 0 Å². The number of nitrogens with one attached hydrogen (secondary N) is 1. The van der Waals surface area contributed by atoms with Gasteiger partial charge in [0.1, 0.15) is 11.3 Å². The number of hydrogen-bond donors (Lipinski definition) is 1. The number of halogens is 1. The van der Waals surface area contributed by atoms with Crippen LogP contribution in [0.25, 0.3) is 10.2 Å². The summed E-state index contributed by atoms with van der Waals surface area (Å²) >= 11 is 1.27. The highest BCUT2D eigenvalue weighted by atomic mass is 32.1. The van der Waals surface area contributed by atoms with Gasteiger partial charge in [0.2, 0.25) is 5.91 Å². The van der Waals surface area contributed by atoms with E-state index in [-0.39, 0.29) is 17.6 Å². The van der Waals surface area contributed by atoms with Crippen molar-refractivity contribution in [2.75, 3.05) is 18.5 Å². The normalized spacial score (nSPS) is 19.3. The van der Waals surface area contributed by atoms with E-state index in [0.717, 1.165) is 11.1 Å². The fourth-order valence-electron chi connectivity index (χ4n) is 1.92. The number of rotatable bonds is 2. The molecule has 0 bridgehead atoms. The van der Waals surface area contributed by atoms with Crippen LogP contribution >= 0.6 is 11.3 Å². The molecule has 1 unspecified atom stereocenters. The number of para-hydroxylation sites is 1. The summed E-state index contributed by atoms with van der Waals surface area (Å²) in [5.41, 5.74) is 0.306. The van der Waals surface area contributed by atoms with Crippen LogP contribution in [0.1, 0.15) is 6.42 Å². The first kappa shape index (κ1) is 11.6.